The van der Waals surface area contributed by atoms with E-state index in [-0.39, 0.29) is 6.04 Å². The molecule has 0 fully saturated rings. The van der Waals surface area contributed by atoms with Crippen molar-refractivity contribution in [3.05, 3.63) is 138 Å². The molecule has 192 valence electrons. The Labute approximate surface area is 231 Å². The summed E-state index contributed by atoms with van der Waals surface area (Å²) in [6, 6.07) is 41.2. The molecule has 1 aromatic heterocycles. The lowest BCUT2D eigenvalue weighted by Gasteiger charge is -2.26. The molecule has 0 aliphatic carbocycles. The number of nitrogens with zero attached hydrogens (tertiary/aromatic N) is 1. The van der Waals surface area contributed by atoms with E-state index >= 15 is 0 Å². The quantitative estimate of drug-likeness (QED) is 0.208. The van der Waals surface area contributed by atoms with Gasteiger partial charge in [0.1, 0.15) is 0 Å². The van der Waals surface area contributed by atoms with Crippen LogP contribution in [-0.4, -0.2) is 4.98 Å². The number of allylic oxidation sites excluding steroid dienone is 2. The van der Waals surface area contributed by atoms with Crippen LogP contribution in [0.15, 0.2) is 127 Å². The van der Waals surface area contributed by atoms with Gasteiger partial charge in [-0.05, 0) is 68.9 Å². The molecule has 0 bridgehead atoms. The van der Waals surface area contributed by atoms with E-state index in [1.165, 1.54) is 43.6 Å². The molecule has 1 heterocycles. The number of aromatic nitrogens is 1. The molecule has 5 aromatic carbocycles. The van der Waals surface area contributed by atoms with E-state index < -0.39 is 0 Å². The van der Waals surface area contributed by atoms with E-state index in [1.54, 1.807) is 0 Å². The lowest BCUT2D eigenvalue weighted by atomic mass is 9.90. The fourth-order valence-electron chi connectivity index (χ4n) is 5.80. The summed E-state index contributed by atoms with van der Waals surface area (Å²) in [4.78, 5) is 5.37. The molecule has 0 radical (unpaired) electrons. The van der Waals surface area contributed by atoms with Crippen LogP contribution in [-0.2, 0) is 0 Å². The van der Waals surface area contributed by atoms with Crippen molar-refractivity contribution in [2.75, 3.05) is 0 Å². The van der Waals surface area contributed by atoms with E-state index in [0.717, 1.165) is 36.2 Å². The molecule has 1 atom stereocenters. The second-order valence-corrected chi connectivity index (χ2v) is 10.2. The standard InChI is InChI=1S/C37H34N2/c1-3-13-29(14-4-2)38-37(36-31-20-9-6-16-27(31)25-28-17-7-10-21-32(28)36)35-24-12-23-34(39-35)33-22-11-18-26-15-5-8-19-30(26)33/h5-13,15-25,37-38H,3-4,14H2,1-2H3/b29-13-. The van der Waals surface area contributed by atoms with Crippen molar-refractivity contribution in [1.82, 2.24) is 10.3 Å². The fraction of sp³-hybridized carbons (Fsp3) is 0.162. The Hall–Kier alpha value is -4.43. The number of pyridine rings is 1. The second kappa shape index (κ2) is 11.1. The molecule has 39 heavy (non-hydrogen) atoms. The Balaban J connectivity index is 1.60. The minimum absolute atomic E-state index is 0.0970. The van der Waals surface area contributed by atoms with Crippen molar-refractivity contribution in [3.8, 4) is 11.3 Å². The van der Waals surface area contributed by atoms with Gasteiger partial charge in [0.05, 0.1) is 17.4 Å². The number of hydrogen-bond donors (Lipinski definition) is 1. The zero-order valence-electron chi connectivity index (χ0n) is 22.7. The molecule has 6 rings (SSSR count). The van der Waals surface area contributed by atoms with Crippen LogP contribution in [0, 0.1) is 0 Å². The second-order valence-electron chi connectivity index (χ2n) is 10.2. The van der Waals surface area contributed by atoms with Gasteiger partial charge in [-0.1, -0.05) is 123 Å². The van der Waals surface area contributed by atoms with Crippen LogP contribution in [0.4, 0.5) is 0 Å². The van der Waals surface area contributed by atoms with Crippen molar-refractivity contribution < 1.29 is 0 Å². The Morgan fingerprint density at radius 3 is 2.00 bits per heavy atom. The van der Waals surface area contributed by atoms with Crippen LogP contribution in [0.1, 0.15) is 50.4 Å². The Kier molecular flexibility index (Phi) is 7.10. The zero-order valence-corrected chi connectivity index (χ0v) is 22.7. The summed E-state index contributed by atoms with van der Waals surface area (Å²) in [7, 11) is 0. The molecule has 0 aliphatic rings. The van der Waals surface area contributed by atoms with Crippen LogP contribution >= 0.6 is 0 Å². The smallest absolute Gasteiger partial charge is 0.0949 e. The predicted molar refractivity (Wildman–Crippen MR) is 167 cm³/mol. The highest BCUT2D eigenvalue weighted by atomic mass is 15.0. The van der Waals surface area contributed by atoms with Crippen molar-refractivity contribution in [3.63, 3.8) is 0 Å². The first-order chi connectivity index (χ1) is 19.3. The summed E-state index contributed by atoms with van der Waals surface area (Å²) in [6.45, 7) is 4.45. The average Bonchev–Trinajstić information content (AvgIpc) is 2.99. The Morgan fingerprint density at radius 2 is 1.31 bits per heavy atom. The highest BCUT2D eigenvalue weighted by Gasteiger charge is 2.22. The largest absolute Gasteiger partial charge is 0.376 e. The van der Waals surface area contributed by atoms with Gasteiger partial charge in [0, 0.05) is 11.3 Å². The maximum Gasteiger partial charge on any atom is 0.0949 e. The molecule has 0 aliphatic heterocycles. The fourth-order valence-corrected chi connectivity index (χ4v) is 5.80. The molecule has 2 heteroatoms. The van der Waals surface area contributed by atoms with Crippen LogP contribution in [0.2, 0.25) is 0 Å². The van der Waals surface area contributed by atoms with E-state index in [9.17, 15) is 0 Å². The molecule has 1 unspecified atom stereocenters. The summed E-state index contributed by atoms with van der Waals surface area (Å²) in [5.74, 6) is 0. The third-order valence-corrected chi connectivity index (χ3v) is 7.53. The monoisotopic (exact) mass is 506 g/mol. The van der Waals surface area contributed by atoms with Crippen LogP contribution in [0.5, 0.6) is 0 Å². The lowest BCUT2D eigenvalue weighted by molar-refractivity contribution is 0.643. The van der Waals surface area contributed by atoms with Crippen molar-refractivity contribution in [1.29, 1.82) is 0 Å². The van der Waals surface area contributed by atoms with Gasteiger partial charge in [-0.25, -0.2) is 0 Å². The first-order valence-electron chi connectivity index (χ1n) is 14.1. The number of nitrogens with one attached hydrogen (secondary N) is 1. The highest BCUT2D eigenvalue weighted by molar-refractivity contribution is 6.03. The van der Waals surface area contributed by atoms with Gasteiger partial charge in [0.15, 0.2) is 0 Å². The minimum atomic E-state index is -0.0970. The molecule has 2 nitrogen and oxygen atoms in total. The molecular formula is C37H34N2. The first kappa shape index (κ1) is 24.9. The van der Waals surface area contributed by atoms with Crippen LogP contribution in [0.25, 0.3) is 43.6 Å². The molecule has 1 N–H and O–H groups in total. The van der Waals surface area contributed by atoms with Gasteiger partial charge in [-0.15, -0.1) is 0 Å². The molecule has 0 saturated carbocycles. The minimum Gasteiger partial charge on any atom is -0.376 e. The summed E-state index contributed by atoms with van der Waals surface area (Å²) >= 11 is 0. The normalized spacial score (nSPS) is 12.7. The van der Waals surface area contributed by atoms with E-state index in [2.05, 4.69) is 141 Å². The van der Waals surface area contributed by atoms with Crippen molar-refractivity contribution >= 4 is 32.3 Å². The third-order valence-electron chi connectivity index (χ3n) is 7.53. The van der Waals surface area contributed by atoms with Crippen molar-refractivity contribution in [2.45, 2.75) is 39.2 Å². The lowest BCUT2D eigenvalue weighted by Crippen LogP contribution is -2.24. The third kappa shape index (κ3) is 4.91. The molecule has 0 amide bonds. The summed E-state index contributed by atoms with van der Waals surface area (Å²) in [6.07, 6.45) is 5.43. The summed E-state index contributed by atoms with van der Waals surface area (Å²) in [5.41, 5.74) is 5.75. The van der Waals surface area contributed by atoms with Crippen LogP contribution < -0.4 is 5.32 Å². The van der Waals surface area contributed by atoms with Gasteiger partial charge in [-0.3, -0.25) is 4.98 Å². The zero-order chi connectivity index (χ0) is 26.6. The predicted octanol–water partition coefficient (Wildman–Crippen LogP) is 9.98. The van der Waals surface area contributed by atoms with E-state index in [0.29, 0.717) is 0 Å². The van der Waals surface area contributed by atoms with Gasteiger partial charge >= 0.3 is 0 Å². The SMILES string of the molecule is CC/C=C(/CCC)NC(c1cccc(-c2cccc3ccccc23)n1)c1c2ccccc2cc2ccccc12. The summed E-state index contributed by atoms with van der Waals surface area (Å²) < 4.78 is 0. The Bertz CT molecular complexity index is 1740. The maximum atomic E-state index is 5.37. The average molecular weight is 507 g/mol. The molecule has 0 spiro atoms. The molecular weight excluding hydrogens is 472 g/mol. The van der Waals surface area contributed by atoms with E-state index in [4.69, 9.17) is 4.98 Å². The van der Waals surface area contributed by atoms with Crippen molar-refractivity contribution in [2.24, 2.45) is 0 Å². The van der Waals surface area contributed by atoms with Gasteiger partial charge in [-0.2, -0.15) is 0 Å². The van der Waals surface area contributed by atoms with Gasteiger partial charge < -0.3 is 5.32 Å². The Morgan fingerprint density at radius 1 is 0.692 bits per heavy atom. The van der Waals surface area contributed by atoms with Gasteiger partial charge in [0.25, 0.3) is 0 Å². The van der Waals surface area contributed by atoms with Crippen LogP contribution in [0.3, 0.4) is 0 Å². The molecule has 0 saturated heterocycles. The molecule has 6 aromatic rings. The highest BCUT2D eigenvalue weighted by Crippen LogP contribution is 2.37. The number of hydrogen-bond acceptors (Lipinski definition) is 2. The number of benzene rings is 5. The van der Waals surface area contributed by atoms with Gasteiger partial charge in [0.2, 0.25) is 0 Å². The topological polar surface area (TPSA) is 24.9 Å². The van der Waals surface area contributed by atoms with E-state index in [1.807, 2.05) is 0 Å². The maximum absolute atomic E-state index is 5.37. The number of rotatable bonds is 8. The summed E-state index contributed by atoms with van der Waals surface area (Å²) in [5, 5.41) is 11.5. The number of fused-ring (bicyclic) bond motifs is 3. The first-order valence-corrected chi connectivity index (χ1v) is 14.1.